The average molecular weight is 440 g/mol. The summed E-state index contributed by atoms with van der Waals surface area (Å²) < 4.78 is 13.4. The van der Waals surface area contributed by atoms with E-state index in [1.807, 2.05) is 18.3 Å². The van der Waals surface area contributed by atoms with Gasteiger partial charge in [0.05, 0.1) is 11.9 Å². The van der Waals surface area contributed by atoms with Gasteiger partial charge < -0.3 is 14.2 Å². The van der Waals surface area contributed by atoms with Gasteiger partial charge in [0.15, 0.2) is 5.82 Å². The monoisotopic (exact) mass is 439 g/mol. The third-order valence-electron chi connectivity index (χ3n) is 5.71. The Kier molecular flexibility index (Phi) is 5.31. The first-order chi connectivity index (χ1) is 15.1. The molecule has 1 aliphatic rings. The van der Waals surface area contributed by atoms with Crippen LogP contribution in [-0.4, -0.2) is 48.9 Å². The lowest BCUT2D eigenvalue weighted by Crippen LogP contribution is -2.38. The summed E-state index contributed by atoms with van der Waals surface area (Å²) in [7, 11) is 0. The van der Waals surface area contributed by atoms with Gasteiger partial charge in [0.25, 0.3) is 5.19 Å². The first kappa shape index (κ1) is 19.9. The summed E-state index contributed by atoms with van der Waals surface area (Å²) in [5.74, 6) is 1.48. The van der Waals surface area contributed by atoms with E-state index in [0.717, 1.165) is 48.0 Å². The van der Waals surface area contributed by atoms with Crippen LogP contribution in [0.15, 0.2) is 35.2 Å². The second kappa shape index (κ2) is 8.26. The molecule has 5 rings (SSSR count). The lowest BCUT2D eigenvalue weighted by atomic mass is 9.92. The van der Waals surface area contributed by atoms with Gasteiger partial charge in [-0.2, -0.15) is 4.98 Å². The van der Waals surface area contributed by atoms with Gasteiger partial charge in [-0.05, 0) is 49.2 Å². The molecule has 1 saturated heterocycles. The van der Waals surface area contributed by atoms with Gasteiger partial charge in [-0.15, -0.1) is 5.10 Å². The van der Waals surface area contributed by atoms with E-state index in [1.54, 1.807) is 16.9 Å². The van der Waals surface area contributed by atoms with Crippen molar-refractivity contribution in [1.82, 2.24) is 29.7 Å². The molecule has 162 valence electrons. The van der Waals surface area contributed by atoms with Crippen LogP contribution in [0.1, 0.15) is 45.4 Å². The summed E-state index contributed by atoms with van der Waals surface area (Å²) in [4.78, 5) is 16.2. The van der Waals surface area contributed by atoms with Crippen molar-refractivity contribution in [2.45, 2.75) is 45.6 Å². The largest absolute Gasteiger partial charge is 0.466 e. The van der Waals surface area contributed by atoms with Crippen molar-refractivity contribution in [3.63, 3.8) is 0 Å². The molecule has 1 fully saturated rings. The summed E-state index contributed by atoms with van der Waals surface area (Å²) in [5.41, 5.74) is 1.91. The Bertz CT molecular complexity index is 1110. The Morgan fingerprint density at radius 3 is 2.58 bits per heavy atom. The third kappa shape index (κ3) is 4.12. The summed E-state index contributed by atoms with van der Waals surface area (Å²) in [6.45, 7) is 8.02. The van der Waals surface area contributed by atoms with Crippen LogP contribution in [0.25, 0.3) is 16.2 Å². The minimum atomic E-state index is 0.0755. The van der Waals surface area contributed by atoms with E-state index in [4.69, 9.17) is 9.26 Å². The number of fused-ring (bicyclic) bond motifs is 1. The molecule has 0 unspecified atom stereocenters. The Labute approximate surface area is 184 Å². The fourth-order valence-corrected chi connectivity index (χ4v) is 4.61. The lowest BCUT2D eigenvalue weighted by Gasteiger charge is -2.33. The van der Waals surface area contributed by atoms with E-state index in [1.165, 1.54) is 11.3 Å². The molecule has 0 aromatic carbocycles. The number of nitrogens with zero attached hydrogens (tertiary/aromatic N) is 7. The Morgan fingerprint density at radius 2 is 1.90 bits per heavy atom. The van der Waals surface area contributed by atoms with E-state index < -0.39 is 0 Å². The van der Waals surface area contributed by atoms with Crippen molar-refractivity contribution in [3.8, 4) is 16.5 Å². The van der Waals surface area contributed by atoms with E-state index in [0.29, 0.717) is 17.1 Å². The lowest BCUT2D eigenvalue weighted by molar-refractivity contribution is 0.130. The van der Waals surface area contributed by atoms with Gasteiger partial charge in [-0.25, -0.2) is 9.50 Å². The molecule has 0 bridgehead atoms. The van der Waals surface area contributed by atoms with Gasteiger partial charge in [0.1, 0.15) is 6.10 Å². The molecule has 5 heterocycles. The molecule has 0 radical (unpaired) electrons. The smallest absolute Gasteiger partial charge is 0.324 e. The van der Waals surface area contributed by atoms with Crippen molar-refractivity contribution < 1.29 is 9.26 Å². The maximum absolute atomic E-state index is 6.19. The highest BCUT2D eigenvalue weighted by molar-refractivity contribution is 7.18. The van der Waals surface area contributed by atoms with Crippen molar-refractivity contribution in [2.75, 3.05) is 18.0 Å². The second-order valence-corrected chi connectivity index (χ2v) is 9.11. The number of pyridine rings is 1. The summed E-state index contributed by atoms with van der Waals surface area (Å²) >= 11 is 1.47. The number of rotatable bonds is 6. The zero-order valence-corrected chi connectivity index (χ0v) is 18.6. The zero-order chi connectivity index (χ0) is 21.4. The number of anilines is 1. The van der Waals surface area contributed by atoms with Gasteiger partial charge in [-0.1, -0.05) is 19.0 Å². The normalized spacial score (nSPS) is 16.3. The van der Waals surface area contributed by atoms with Crippen LogP contribution in [0.4, 0.5) is 6.01 Å². The molecule has 0 N–H and O–H groups in total. The number of ether oxygens (including phenoxy) is 1. The van der Waals surface area contributed by atoms with Crippen LogP contribution in [-0.2, 0) is 0 Å². The van der Waals surface area contributed by atoms with Crippen LogP contribution in [0, 0.1) is 5.92 Å². The van der Waals surface area contributed by atoms with E-state index in [9.17, 15) is 0 Å². The van der Waals surface area contributed by atoms with Crippen LogP contribution < -0.4 is 9.64 Å². The average Bonchev–Trinajstić information content (AvgIpc) is 3.50. The quantitative estimate of drug-likeness (QED) is 0.444. The Balaban J connectivity index is 1.19. The fraction of sp³-hybridized carbons (Fsp3) is 0.476. The number of aromatic nitrogens is 6. The highest BCUT2D eigenvalue weighted by Crippen LogP contribution is 2.30. The minimum Gasteiger partial charge on any atom is -0.466 e. The minimum absolute atomic E-state index is 0.0755. The molecule has 1 aliphatic heterocycles. The van der Waals surface area contributed by atoms with Crippen molar-refractivity contribution in [1.29, 1.82) is 0 Å². The van der Waals surface area contributed by atoms with Crippen LogP contribution >= 0.6 is 11.3 Å². The molecule has 4 aromatic heterocycles. The highest BCUT2D eigenvalue weighted by Gasteiger charge is 2.28. The molecule has 31 heavy (non-hydrogen) atoms. The van der Waals surface area contributed by atoms with Crippen LogP contribution in [0.5, 0.6) is 5.19 Å². The fourth-order valence-electron chi connectivity index (χ4n) is 3.80. The van der Waals surface area contributed by atoms with Gasteiger partial charge in [-0.3, -0.25) is 4.98 Å². The van der Waals surface area contributed by atoms with Crippen molar-refractivity contribution >= 4 is 22.3 Å². The van der Waals surface area contributed by atoms with E-state index >= 15 is 0 Å². The maximum Gasteiger partial charge on any atom is 0.324 e. The Morgan fingerprint density at radius 1 is 1.13 bits per heavy atom. The van der Waals surface area contributed by atoms with Gasteiger partial charge in [0, 0.05) is 37.0 Å². The predicted octanol–water partition coefficient (Wildman–Crippen LogP) is 4.04. The van der Waals surface area contributed by atoms with E-state index in [2.05, 4.69) is 50.9 Å². The molecule has 0 amide bonds. The Hall–Kier alpha value is -3.01. The topological polar surface area (TPSA) is 94.5 Å². The molecule has 0 aliphatic carbocycles. The van der Waals surface area contributed by atoms with Gasteiger partial charge in [0.2, 0.25) is 4.96 Å². The molecular formula is C21H25N7O2S. The number of imidazole rings is 1. The highest BCUT2D eigenvalue weighted by atomic mass is 32.1. The standard InChI is InChI=1S/C21H25N7O2S/c1-13(2)18-24-19(30-26-18)27-10-6-15(7-11-27)14(3)29-21-25-28-12-17(23-20(28)31-21)16-4-8-22-9-5-16/h4-5,8-9,12-15H,6-7,10-11H2,1-3H3/t14-/m0/s1. The molecule has 0 saturated carbocycles. The second-order valence-electron chi connectivity index (χ2n) is 8.19. The summed E-state index contributed by atoms with van der Waals surface area (Å²) in [6, 6.07) is 4.51. The zero-order valence-electron chi connectivity index (χ0n) is 17.8. The molecule has 4 aromatic rings. The molecule has 1 atom stereocenters. The SMILES string of the molecule is CC(C)c1noc(N2CCC([C@H](C)Oc3nn4cc(-c5ccncc5)nc4s3)CC2)n1. The molecule has 10 heteroatoms. The maximum atomic E-state index is 6.19. The molecule has 9 nitrogen and oxygen atoms in total. The number of hydrogen-bond acceptors (Lipinski definition) is 9. The van der Waals surface area contributed by atoms with Gasteiger partial charge >= 0.3 is 6.01 Å². The molecule has 0 spiro atoms. The first-order valence-corrected chi connectivity index (χ1v) is 11.4. The van der Waals surface area contributed by atoms with Crippen LogP contribution in [0.3, 0.4) is 0 Å². The molecular weight excluding hydrogens is 414 g/mol. The van der Waals surface area contributed by atoms with Crippen LogP contribution in [0.2, 0.25) is 0 Å². The number of hydrogen-bond donors (Lipinski definition) is 0. The predicted molar refractivity (Wildman–Crippen MR) is 118 cm³/mol. The third-order valence-corrected chi connectivity index (χ3v) is 6.52. The van der Waals surface area contributed by atoms with E-state index in [-0.39, 0.29) is 12.0 Å². The first-order valence-electron chi connectivity index (χ1n) is 10.6. The number of piperidine rings is 1. The van der Waals surface area contributed by atoms with Crippen molar-refractivity contribution in [2.24, 2.45) is 5.92 Å². The summed E-state index contributed by atoms with van der Waals surface area (Å²) in [6.07, 6.45) is 7.54. The summed E-state index contributed by atoms with van der Waals surface area (Å²) in [5, 5.41) is 9.29. The van der Waals surface area contributed by atoms with Crippen molar-refractivity contribution in [3.05, 3.63) is 36.5 Å².